The zero-order valence-electron chi connectivity index (χ0n) is 14.5. The van der Waals surface area contributed by atoms with E-state index in [1.54, 1.807) is 32.9 Å². The minimum Gasteiger partial charge on any atom is -0.459 e. The lowest BCUT2D eigenvalue weighted by Crippen LogP contribution is -2.44. The summed E-state index contributed by atoms with van der Waals surface area (Å²) in [6, 6.07) is 5.64. The Morgan fingerprint density at radius 2 is 1.78 bits per heavy atom. The topological polar surface area (TPSA) is 72.5 Å². The second-order valence-electron chi connectivity index (χ2n) is 6.66. The van der Waals surface area contributed by atoms with Gasteiger partial charge in [-0.1, -0.05) is 37.5 Å². The maximum atomic E-state index is 12.5. The van der Waals surface area contributed by atoms with E-state index in [1.165, 1.54) is 12.1 Å². The second-order valence-corrected chi connectivity index (χ2v) is 8.38. The highest BCUT2D eigenvalue weighted by atomic mass is 32.2. The molecule has 0 aliphatic carbocycles. The second kappa shape index (κ2) is 7.93. The molecule has 0 aliphatic heterocycles. The van der Waals surface area contributed by atoms with Crippen molar-refractivity contribution in [2.24, 2.45) is 0 Å². The number of hydrogen-bond donors (Lipinski definition) is 1. The van der Waals surface area contributed by atoms with Crippen LogP contribution in [0.25, 0.3) is 0 Å². The molecule has 1 unspecified atom stereocenters. The summed E-state index contributed by atoms with van der Waals surface area (Å²) < 4.78 is 32.8. The molecule has 0 fully saturated rings. The number of hydrogen-bond acceptors (Lipinski definition) is 4. The van der Waals surface area contributed by atoms with Crippen LogP contribution in [-0.4, -0.2) is 26.0 Å². The average Bonchev–Trinajstić information content (AvgIpc) is 2.42. The zero-order chi connectivity index (χ0) is 17.7. The summed E-state index contributed by atoms with van der Waals surface area (Å²) in [5, 5.41) is 0. The van der Waals surface area contributed by atoms with Crippen LogP contribution < -0.4 is 4.72 Å². The van der Waals surface area contributed by atoms with Gasteiger partial charge in [-0.2, -0.15) is 4.72 Å². The predicted molar refractivity (Wildman–Crippen MR) is 90.7 cm³/mol. The number of rotatable bonds is 7. The third-order valence-electron chi connectivity index (χ3n) is 3.17. The molecular weight excluding hydrogens is 314 g/mol. The van der Waals surface area contributed by atoms with Crippen LogP contribution in [0.3, 0.4) is 0 Å². The number of nitrogens with one attached hydrogen (secondary N) is 1. The number of esters is 1. The number of sulfonamides is 1. The third kappa shape index (κ3) is 6.71. The van der Waals surface area contributed by atoms with Crippen LogP contribution in [0.4, 0.5) is 0 Å². The first-order valence-electron chi connectivity index (χ1n) is 7.87. The average molecular weight is 341 g/mol. The Hall–Kier alpha value is -1.40. The van der Waals surface area contributed by atoms with Gasteiger partial charge in [-0.05, 0) is 46.2 Å². The van der Waals surface area contributed by atoms with E-state index in [0.29, 0.717) is 6.42 Å². The Kier molecular flexibility index (Phi) is 6.77. The molecule has 130 valence electrons. The number of carbonyl (C=O) groups excluding carboxylic acids is 1. The first kappa shape index (κ1) is 19.6. The molecule has 0 bridgehead atoms. The number of ether oxygens (including phenoxy) is 1. The highest BCUT2D eigenvalue weighted by molar-refractivity contribution is 7.89. The minimum atomic E-state index is -3.76. The number of aryl methyl sites for hydroxylation is 1. The number of unbranched alkanes of at least 4 members (excludes halogenated alkanes) is 1. The largest absolute Gasteiger partial charge is 0.459 e. The SMILES string of the molecule is CCCCC(NS(=O)(=O)c1ccc(C)cc1)C(=O)OC(C)(C)C. The molecule has 6 heteroatoms. The van der Waals surface area contributed by atoms with Crippen LogP contribution in [0.2, 0.25) is 0 Å². The monoisotopic (exact) mass is 341 g/mol. The van der Waals surface area contributed by atoms with Gasteiger partial charge in [0.05, 0.1) is 4.90 Å². The maximum Gasteiger partial charge on any atom is 0.324 e. The minimum absolute atomic E-state index is 0.146. The van der Waals surface area contributed by atoms with Gasteiger partial charge in [-0.25, -0.2) is 8.42 Å². The summed E-state index contributed by atoms with van der Waals surface area (Å²) in [5.41, 5.74) is 0.315. The maximum absolute atomic E-state index is 12.5. The molecular formula is C17H27NO4S. The van der Waals surface area contributed by atoms with Gasteiger partial charge in [0.2, 0.25) is 10.0 Å². The molecule has 0 aliphatic rings. The molecule has 0 heterocycles. The Bertz CT molecular complexity index is 615. The molecule has 0 radical (unpaired) electrons. The zero-order valence-corrected chi connectivity index (χ0v) is 15.4. The van der Waals surface area contributed by atoms with Gasteiger partial charge in [-0.15, -0.1) is 0 Å². The van der Waals surface area contributed by atoms with Crippen LogP contribution in [-0.2, 0) is 19.6 Å². The highest BCUT2D eigenvalue weighted by Gasteiger charge is 2.29. The van der Waals surface area contributed by atoms with Gasteiger partial charge in [-0.3, -0.25) is 4.79 Å². The summed E-state index contributed by atoms with van der Waals surface area (Å²) in [5.74, 6) is -0.540. The molecule has 0 saturated carbocycles. The van der Waals surface area contributed by atoms with Crippen LogP contribution in [0.5, 0.6) is 0 Å². The van der Waals surface area contributed by atoms with E-state index in [0.717, 1.165) is 18.4 Å². The van der Waals surface area contributed by atoms with E-state index in [2.05, 4.69) is 4.72 Å². The number of benzene rings is 1. The third-order valence-corrected chi connectivity index (χ3v) is 4.65. The highest BCUT2D eigenvalue weighted by Crippen LogP contribution is 2.15. The fourth-order valence-electron chi connectivity index (χ4n) is 1.98. The lowest BCUT2D eigenvalue weighted by atomic mass is 10.1. The van der Waals surface area contributed by atoms with Crippen molar-refractivity contribution < 1.29 is 17.9 Å². The molecule has 1 aromatic rings. The van der Waals surface area contributed by atoms with E-state index in [9.17, 15) is 13.2 Å². The predicted octanol–water partition coefficient (Wildman–Crippen LogP) is 3.17. The molecule has 1 aromatic carbocycles. The van der Waals surface area contributed by atoms with Crippen molar-refractivity contribution in [3.63, 3.8) is 0 Å². The molecule has 0 saturated heterocycles. The quantitative estimate of drug-likeness (QED) is 0.773. The molecule has 5 nitrogen and oxygen atoms in total. The standard InChI is InChI=1S/C17H27NO4S/c1-6-7-8-15(16(19)22-17(3,4)5)18-23(20,21)14-11-9-13(2)10-12-14/h9-12,15,18H,6-8H2,1-5H3. The van der Waals surface area contributed by atoms with Crippen molar-refractivity contribution in [1.82, 2.24) is 4.72 Å². The fourth-order valence-corrected chi connectivity index (χ4v) is 3.20. The van der Waals surface area contributed by atoms with Crippen molar-refractivity contribution in [3.8, 4) is 0 Å². The summed E-state index contributed by atoms with van der Waals surface area (Å²) >= 11 is 0. The van der Waals surface area contributed by atoms with Gasteiger partial charge in [0.15, 0.2) is 0 Å². The van der Waals surface area contributed by atoms with Crippen molar-refractivity contribution in [2.75, 3.05) is 0 Å². The molecule has 1 atom stereocenters. The molecule has 0 aromatic heterocycles. The molecule has 23 heavy (non-hydrogen) atoms. The van der Waals surface area contributed by atoms with Gasteiger partial charge in [0.25, 0.3) is 0 Å². The van der Waals surface area contributed by atoms with Gasteiger partial charge < -0.3 is 4.74 Å². The van der Waals surface area contributed by atoms with E-state index in [-0.39, 0.29) is 4.90 Å². The van der Waals surface area contributed by atoms with Crippen molar-refractivity contribution in [2.45, 2.75) is 70.4 Å². The first-order valence-corrected chi connectivity index (χ1v) is 9.35. The lowest BCUT2D eigenvalue weighted by Gasteiger charge is -2.24. The summed E-state index contributed by atoms with van der Waals surface area (Å²) in [6.07, 6.45) is 2.02. The Labute approximate surface area is 139 Å². The van der Waals surface area contributed by atoms with E-state index < -0.39 is 27.6 Å². The Balaban J connectivity index is 2.95. The fraction of sp³-hybridized carbons (Fsp3) is 0.588. The molecule has 1 N–H and O–H groups in total. The van der Waals surface area contributed by atoms with E-state index in [4.69, 9.17) is 4.74 Å². The molecule has 0 spiro atoms. The number of carbonyl (C=O) groups is 1. The van der Waals surface area contributed by atoms with E-state index in [1.807, 2.05) is 13.8 Å². The van der Waals surface area contributed by atoms with Crippen LogP contribution in [0.15, 0.2) is 29.2 Å². The lowest BCUT2D eigenvalue weighted by molar-refractivity contribution is -0.157. The van der Waals surface area contributed by atoms with E-state index >= 15 is 0 Å². The first-order chi connectivity index (χ1) is 10.5. The Morgan fingerprint density at radius 1 is 1.22 bits per heavy atom. The summed E-state index contributed by atoms with van der Waals surface area (Å²) in [7, 11) is -3.76. The summed E-state index contributed by atoms with van der Waals surface area (Å²) in [6.45, 7) is 9.15. The normalized spacial score (nSPS) is 13.6. The van der Waals surface area contributed by atoms with Crippen LogP contribution >= 0.6 is 0 Å². The Morgan fingerprint density at radius 3 is 2.26 bits per heavy atom. The summed E-state index contributed by atoms with van der Waals surface area (Å²) in [4.78, 5) is 12.4. The van der Waals surface area contributed by atoms with Crippen LogP contribution in [0.1, 0.15) is 52.5 Å². The van der Waals surface area contributed by atoms with Gasteiger partial charge >= 0.3 is 5.97 Å². The van der Waals surface area contributed by atoms with Crippen molar-refractivity contribution >= 4 is 16.0 Å². The van der Waals surface area contributed by atoms with Crippen molar-refractivity contribution in [3.05, 3.63) is 29.8 Å². The van der Waals surface area contributed by atoms with Crippen LogP contribution in [0, 0.1) is 6.92 Å². The molecule has 0 amide bonds. The smallest absolute Gasteiger partial charge is 0.324 e. The van der Waals surface area contributed by atoms with Crippen molar-refractivity contribution in [1.29, 1.82) is 0 Å². The van der Waals surface area contributed by atoms with Gasteiger partial charge in [0, 0.05) is 0 Å². The molecule has 1 rings (SSSR count). The van der Waals surface area contributed by atoms with Gasteiger partial charge in [0.1, 0.15) is 11.6 Å².